The first kappa shape index (κ1) is 14.4. The Labute approximate surface area is 138 Å². The molecular formula is C16H19N3OS2. The lowest BCUT2D eigenvalue weighted by Gasteiger charge is -2.27. The molecule has 2 saturated heterocycles. The molecule has 116 valence electrons. The van der Waals surface area contributed by atoms with E-state index in [4.69, 9.17) is 0 Å². The Morgan fingerprint density at radius 1 is 1.36 bits per heavy atom. The third-order valence-electron chi connectivity index (χ3n) is 4.61. The fraction of sp³-hybridized carbons (Fsp3) is 0.500. The fourth-order valence-corrected chi connectivity index (χ4v) is 5.34. The molecule has 1 N–H and O–H groups in total. The van der Waals surface area contributed by atoms with Gasteiger partial charge in [-0.1, -0.05) is 6.07 Å². The van der Waals surface area contributed by atoms with Crippen molar-refractivity contribution in [1.82, 2.24) is 15.2 Å². The zero-order valence-corrected chi connectivity index (χ0v) is 14.2. The third-order valence-corrected chi connectivity index (χ3v) is 6.80. The summed E-state index contributed by atoms with van der Waals surface area (Å²) in [6.07, 6.45) is 3.34. The molecule has 2 aromatic rings. The van der Waals surface area contributed by atoms with Gasteiger partial charge in [0.15, 0.2) is 0 Å². The molecule has 2 unspecified atom stereocenters. The van der Waals surface area contributed by atoms with Crippen LogP contribution in [0.25, 0.3) is 9.88 Å². The Kier molecular flexibility index (Phi) is 3.76. The molecule has 4 heterocycles. The summed E-state index contributed by atoms with van der Waals surface area (Å²) in [5.41, 5.74) is 0.870. The zero-order valence-electron chi connectivity index (χ0n) is 12.5. The molecule has 0 aliphatic carbocycles. The van der Waals surface area contributed by atoms with Gasteiger partial charge in [-0.2, -0.15) is 0 Å². The zero-order chi connectivity index (χ0) is 15.1. The van der Waals surface area contributed by atoms with Gasteiger partial charge in [-0.15, -0.1) is 22.7 Å². The van der Waals surface area contributed by atoms with Crippen LogP contribution in [0.4, 0.5) is 0 Å². The predicted octanol–water partition coefficient (Wildman–Crippen LogP) is 3.15. The molecule has 2 aliphatic heterocycles. The number of nitrogens with zero attached hydrogens (tertiary/aromatic N) is 2. The van der Waals surface area contributed by atoms with E-state index in [1.165, 1.54) is 0 Å². The standard InChI is InChI=1S/C16H19N3OS2/c1-10-14(22-15(18-10)13-3-2-8-21-13)16(20)19-11-4-5-12(19)9-17-7-6-11/h2-3,8,11-12,17H,4-7,9H2,1H3. The van der Waals surface area contributed by atoms with Crippen LogP contribution in [0.1, 0.15) is 34.6 Å². The van der Waals surface area contributed by atoms with Crippen LogP contribution in [0.5, 0.6) is 0 Å². The lowest BCUT2D eigenvalue weighted by molar-refractivity contribution is 0.0684. The summed E-state index contributed by atoms with van der Waals surface area (Å²) in [4.78, 5) is 21.8. The maximum absolute atomic E-state index is 13.1. The molecule has 6 heteroatoms. The van der Waals surface area contributed by atoms with E-state index >= 15 is 0 Å². The van der Waals surface area contributed by atoms with Gasteiger partial charge < -0.3 is 10.2 Å². The van der Waals surface area contributed by atoms with Crippen LogP contribution in [-0.4, -0.2) is 41.0 Å². The topological polar surface area (TPSA) is 45.2 Å². The minimum absolute atomic E-state index is 0.189. The van der Waals surface area contributed by atoms with Gasteiger partial charge in [0.1, 0.15) is 9.88 Å². The normalized spacial score (nSPS) is 24.5. The number of amides is 1. The number of carbonyl (C=O) groups excluding carboxylic acids is 1. The van der Waals surface area contributed by atoms with Gasteiger partial charge >= 0.3 is 0 Å². The Morgan fingerprint density at radius 3 is 3.05 bits per heavy atom. The molecule has 2 bridgehead atoms. The number of aromatic nitrogens is 1. The first-order valence-corrected chi connectivity index (χ1v) is 9.48. The number of hydrogen-bond donors (Lipinski definition) is 1. The van der Waals surface area contributed by atoms with Crippen LogP contribution >= 0.6 is 22.7 Å². The highest BCUT2D eigenvalue weighted by molar-refractivity contribution is 7.22. The molecule has 2 aromatic heterocycles. The number of hydrogen-bond acceptors (Lipinski definition) is 5. The van der Waals surface area contributed by atoms with Gasteiger partial charge in [-0.25, -0.2) is 4.98 Å². The maximum atomic E-state index is 13.1. The Morgan fingerprint density at radius 2 is 2.23 bits per heavy atom. The molecule has 0 spiro atoms. The summed E-state index contributed by atoms with van der Waals surface area (Å²) in [7, 11) is 0. The van der Waals surface area contributed by atoms with E-state index in [0.29, 0.717) is 12.1 Å². The largest absolute Gasteiger partial charge is 0.331 e. The van der Waals surface area contributed by atoms with E-state index in [0.717, 1.165) is 52.8 Å². The molecule has 1 amide bonds. The molecule has 2 atom stereocenters. The fourth-order valence-electron chi connectivity index (χ4n) is 3.53. The van der Waals surface area contributed by atoms with E-state index in [9.17, 15) is 4.79 Å². The SMILES string of the molecule is Cc1nc(-c2cccs2)sc1C(=O)N1C2CCNCC1CC2. The van der Waals surface area contributed by atoms with Gasteiger partial charge in [0, 0.05) is 18.6 Å². The summed E-state index contributed by atoms with van der Waals surface area (Å²) >= 11 is 3.22. The minimum atomic E-state index is 0.189. The number of aryl methyl sites for hydroxylation is 1. The molecule has 0 aromatic carbocycles. The van der Waals surface area contributed by atoms with Gasteiger partial charge in [0.2, 0.25) is 0 Å². The number of thiophene rings is 1. The van der Waals surface area contributed by atoms with E-state index in [1.54, 1.807) is 22.7 Å². The molecule has 0 saturated carbocycles. The average molecular weight is 333 g/mol. The lowest BCUT2D eigenvalue weighted by atomic mass is 10.1. The molecule has 22 heavy (non-hydrogen) atoms. The number of rotatable bonds is 2. The first-order chi connectivity index (χ1) is 10.7. The quantitative estimate of drug-likeness (QED) is 0.918. The van der Waals surface area contributed by atoms with E-state index < -0.39 is 0 Å². The Balaban J connectivity index is 1.65. The monoisotopic (exact) mass is 333 g/mol. The van der Waals surface area contributed by atoms with Crippen molar-refractivity contribution < 1.29 is 4.79 Å². The van der Waals surface area contributed by atoms with Crippen molar-refractivity contribution in [2.75, 3.05) is 13.1 Å². The molecular weight excluding hydrogens is 314 g/mol. The van der Waals surface area contributed by atoms with Crippen molar-refractivity contribution in [3.63, 3.8) is 0 Å². The van der Waals surface area contributed by atoms with Gasteiger partial charge in [0.05, 0.1) is 10.6 Å². The number of carbonyl (C=O) groups is 1. The summed E-state index contributed by atoms with van der Waals surface area (Å²) in [6, 6.07) is 4.85. The van der Waals surface area contributed by atoms with Gasteiger partial charge in [0.25, 0.3) is 5.91 Å². The molecule has 4 nitrogen and oxygen atoms in total. The van der Waals surface area contributed by atoms with Crippen molar-refractivity contribution in [3.8, 4) is 9.88 Å². The van der Waals surface area contributed by atoms with E-state index in [2.05, 4.69) is 21.3 Å². The van der Waals surface area contributed by atoms with Gasteiger partial charge in [-0.05, 0) is 44.2 Å². The second-order valence-electron chi connectivity index (χ2n) is 6.00. The lowest BCUT2D eigenvalue weighted by Crippen LogP contribution is -2.42. The molecule has 4 rings (SSSR count). The van der Waals surface area contributed by atoms with Crippen molar-refractivity contribution in [1.29, 1.82) is 0 Å². The average Bonchev–Trinajstić information content (AvgIpc) is 3.16. The number of fused-ring (bicyclic) bond motifs is 2. The second kappa shape index (κ2) is 5.76. The Bertz CT molecular complexity index is 666. The first-order valence-electron chi connectivity index (χ1n) is 7.78. The van der Waals surface area contributed by atoms with Crippen LogP contribution < -0.4 is 5.32 Å². The van der Waals surface area contributed by atoms with Crippen molar-refractivity contribution in [3.05, 3.63) is 28.1 Å². The van der Waals surface area contributed by atoms with Crippen LogP contribution in [-0.2, 0) is 0 Å². The van der Waals surface area contributed by atoms with Crippen LogP contribution in [0, 0.1) is 6.92 Å². The van der Waals surface area contributed by atoms with E-state index in [-0.39, 0.29) is 5.91 Å². The second-order valence-corrected chi connectivity index (χ2v) is 7.95. The molecule has 2 aliphatic rings. The molecule has 2 fully saturated rings. The Hall–Kier alpha value is -1.24. The summed E-state index contributed by atoms with van der Waals surface area (Å²) in [6.45, 7) is 3.91. The predicted molar refractivity (Wildman–Crippen MR) is 90.6 cm³/mol. The van der Waals surface area contributed by atoms with Crippen LogP contribution in [0.2, 0.25) is 0 Å². The highest BCUT2D eigenvalue weighted by atomic mass is 32.1. The van der Waals surface area contributed by atoms with Gasteiger partial charge in [-0.3, -0.25) is 4.79 Å². The highest BCUT2D eigenvalue weighted by Gasteiger charge is 2.39. The van der Waals surface area contributed by atoms with Crippen LogP contribution in [0.3, 0.4) is 0 Å². The summed E-state index contributed by atoms with van der Waals surface area (Å²) in [5, 5.41) is 6.47. The smallest absolute Gasteiger partial charge is 0.266 e. The highest BCUT2D eigenvalue weighted by Crippen LogP contribution is 2.35. The number of nitrogens with one attached hydrogen (secondary N) is 1. The maximum Gasteiger partial charge on any atom is 0.266 e. The van der Waals surface area contributed by atoms with Crippen molar-refractivity contribution in [2.45, 2.75) is 38.3 Å². The number of thiazole rings is 1. The third kappa shape index (κ3) is 2.39. The summed E-state index contributed by atoms with van der Waals surface area (Å²) < 4.78 is 0. The van der Waals surface area contributed by atoms with E-state index in [1.807, 2.05) is 18.4 Å². The van der Waals surface area contributed by atoms with Crippen molar-refractivity contribution in [2.24, 2.45) is 0 Å². The summed E-state index contributed by atoms with van der Waals surface area (Å²) in [5.74, 6) is 0.189. The van der Waals surface area contributed by atoms with Crippen LogP contribution in [0.15, 0.2) is 17.5 Å². The molecule has 0 radical (unpaired) electrons. The minimum Gasteiger partial charge on any atom is -0.331 e. The van der Waals surface area contributed by atoms with Crippen molar-refractivity contribution >= 4 is 28.6 Å².